The van der Waals surface area contributed by atoms with Gasteiger partial charge in [-0.05, 0) is 61.9 Å². The highest BCUT2D eigenvalue weighted by Crippen LogP contribution is 2.47. The van der Waals surface area contributed by atoms with Crippen LogP contribution in [0.15, 0.2) is 48.9 Å². The van der Waals surface area contributed by atoms with Crippen LogP contribution in [0.4, 0.5) is 13.2 Å². The number of aromatic nitrogens is 4. The van der Waals surface area contributed by atoms with Crippen molar-refractivity contribution in [3.8, 4) is 17.3 Å². The van der Waals surface area contributed by atoms with Crippen molar-refractivity contribution in [2.24, 2.45) is 11.8 Å². The van der Waals surface area contributed by atoms with E-state index in [1.807, 2.05) is 0 Å². The summed E-state index contributed by atoms with van der Waals surface area (Å²) in [5.41, 5.74) is 0.472. The summed E-state index contributed by atoms with van der Waals surface area (Å²) in [7, 11) is 0. The molecule has 3 unspecified atom stereocenters. The highest BCUT2D eigenvalue weighted by atomic mass is 19.4. The first-order chi connectivity index (χ1) is 16.3. The van der Waals surface area contributed by atoms with Gasteiger partial charge in [0.1, 0.15) is 17.9 Å². The third-order valence-corrected chi connectivity index (χ3v) is 6.31. The maximum atomic E-state index is 13.7. The van der Waals surface area contributed by atoms with Gasteiger partial charge in [-0.2, -0.15) is 13.2 Å². The fraction of sp³-hybridized carbons (Fsp3) is 0.375. The predicted octanol–water partition coefficient (Wildman–Crippen LogP) is 4.19. The van der Waals surface area contributed by atoms with Gasteiger partial charge in [-0.25, -0.2) is 19.9 Å². The summed E-state index contributed by atoms with van der Waals surface area (Å²) in [4.78, 5) is 32.2. The van der Waals surface area contributed by atoms with Gasteiger partial charge < -0.3 is 9.64 Å². The maximum absolute atomic E-state index is 13.7. The highest BCUT2D eigenvalue weighted by Gasteiger charge is 2.48. The Morgan fingerprint density at radius 1 is 1.06 bits per heavy atom. The standard InChI is InChI=1S/C24H22F3N5O2/c1-14-5-6-18(21-28-8-3-9-29-21)20(31-14)23(33)32-12-16-10-15(16)11-17(32)13-34-22-19(24(25,26)27)4-2-7-30-22/h2-9,15-17H,10-13H2,1H3. The molecular weight excluding hydrogens is 447 g/mol. The Morgan fingerprint density at radius 2 is 1.82 bits per heavy atom. The summed E-state index contributed by atoms with van der Waals surface area (Å²) in [6.45, 7) is 2.22. The highest BCUT2D eigenvalue weighted by molar-refractivity contribution is 5.98. The molecule has 1 aliphatic heterocycles. The summed E-state index contributed by atoms with van der Waals surface area (Å²) in [6.07, 6.45) is 1.51. The van der Waals surface area contributed by atoms with E-state index in [0.717, 1.165) is 12.5 Å². The fourth-order valence-corrected chi connectivity index (χ4v) is 4.48. The molecule has 5 rings (SSSR count). The molecule has 176 valence electrons. The molecule has 3 atom stereocenters. The minimum atomic E-state index is -4.58. The number of hydrogen-bond donors (Lipinski definition) is 0. The number of rotatable bonds is 5. The lowest BCUT2D eigenvalue weighted by Crippen LogP contribution is -2.48. The van der Waals surface area contributed by atoms with Crippen LogP contribution in [0.1, 0.15) is 34.6 Å². The quantitative estimate of drug-likeness (QED) is 0.558. The van der Waals surface area contributed by atoms with E-state index < -0.39 is 23.7 Å². The summed E-state index contributed by atoms with van der Waals surface area (Å²) in [5.74, 6) is 0.443. The van der Waals surface area contributed by atoms with E-state index in [-0.39, 0.29) is 18.2 Å². The van der Waals surface area contributed by atoms with Crippen LogP contribution >= 0.6 is 0 Å². The third-order valence-electron chi connectivity index (χ3n) is 6.31. The number of halogens is 3. The number of fused-ring (bicyclic) bond motifs is 1. The van der Waals surface area contributed by atoms with Gasteiger partial charge in [0.2, 0.25) is 5.88 Å². The second-order valence-electron chi connectivity index (χ2n) is 8.69. The lowest BCUT2D eigenvalue weighted by Gasteiger charge is -2.35. The molecule has 0 spiro atoms. The number of carbonyl (C=O) groups excluding carboxylic acids is 1. The number of carbonyl (C=O) groups is 1. The number of aryl methyl sites for hydroxylation is 1. The van der Waals surface area contributed by atoms with Crippen LogP contribution in [-0.2, 0) is 6.18 Å². The molecule has 3 aromatic heterocycles. The molecule has 2 aliphatic rings. The van der Waals surface area contributed by atoms with Crippen molar-refractivity contribution in [1.82, 2.24) is 24.8 Å². The van der Waals surface area contributed by atoms with Crippen LogP contribution < -0.4 is 4.74 Å². The summed E-state index contributed by atoms with van der Waals surface area (Å²) in [6, 6.07) is 7.00. The van der Waals surface area contributed by atoms with E-state index in [1.165, 1.54) is 12.3 Å². The van der Waals surface area contributed by atoms with Gasteiger partial charge in [-0.15, -0.1) is 0 Å². The van der Waals surface area contributed by atoms with E-state index in [9.17, 15) is 18.0 Å². The van der Waals surface area contributed by atoms with Gasteiger partial charge in [-0.1, -0.05) is 0 Å². The van der Waals surface area contributed by atoms with Crippen LogP contribution in [-0.4, -0.2) is 49.9 Å². The Balaban J connectivity index is 1.42. The van der Waals surface area contributed by atoms with Crippen LogP contribution in [0.25, 0.3) is 11.4 Å². The van der Waals surface area contributed by atoms with Crippen molar-refractivity contribution < 1.29 is 22.7 Å². The molecule has 0 N–H and O–H groups in total. The average molecular weight is 469 g/mol. The molecule has 1 saturated heterocycles. The number of hydrogen-bond acceptors (Lipinski definition) is 6. The number of amides is 1. The monoisotopic (exact) mass is 469 g/mol. The van der Waals surface area contributed by atoms with Gasteiger partial charge in [0, 0.05) is 30.8 Å². The number of alkyl halides is 3. The van der Waals surface area contributed by atoms with Crippen molar-refractivity contribution in [3.05, 3.63) is 65.9 Å². The molecule has 7 nitrogen and oxygen atoms in total. The molecular formula is C24H22F3N5O2. The van der Waals surface area contributed by atoms with Crippen LogP contribution in [0.5, 0.6) is 5.88 Å². The van der Waals surface area contributed by atoms with Gasteiger partial charge >= 0.3 is 6.18 Å². The molecule has 4 heterocycles. The predicted molar refractivity (Wildman–Crippen MR) is 116 cm³/mol. The van der Waals surface area contributed by atoms with Crippen molar-refractivity contribution in [2.45, 2.75) is 32.0 Å². The number of likely N-dealkylation sites (tertiary alicyclic amines) is 1. The molecule has 0 aromatic carbocycles. The Bertz CT molecular complexity index is 1200. The topological polar surface area (TPSA) is 81.1 Å². The SMILES string of the molecule is Cc1ccc(-c2ncccn2)c(C(=O)N2CC3CC3CC2COc2ncccc2C(F)(F)F)n1. The normalized spacial score (nSPS) is 21.6. The number of nitrogens with zero attached hydrogens (tertiary/aromatic N) is 5. The molecule has 0 bridgehead atoms. The molecule has 2 fully saturated rings. The number of piperidine rings is 1. The van der Waals surface area contributed by atoms with Crippen LogP contribution in [0, 0.1) is 18.8 Å². The van der Waals surface area contributed by atoms with Gasteiger partial charge in [-0.3, -0.25) is 4.79 Å². The first kappa shape index (κ1) is 22.2. The Morgan fingerprint density at radius 3 is 2.59 bits per heavy atom. The van der Waals surface area contributed by atoms with E-state index in [1.54, 1.807) is 42.4 Å². The van der Waals surface area contributed by atoms with E-state index in [4.69, 9.17) is 4.74 Å². The first-order valence-corrected chi connectivity index (χ1v) is 11.0. The lowest BCUT2D eigenvalue weighted by molar-refractivity contribution is -0.139. The average Bonchev–Trinajstić information content (AvgIpc) is 3.60. The van der Waals surface area contributed by atoms with Crippen LogP contribution in [0.3, 0.4) is 0 Å². The minimum Gasteiger partial charge on any atom is -0.475 e. The Labute approximate surface area is 194 Å². The zero-order chi connectivity index (χ0) is 23.9. The van der Waals surface area contributed by atoms with E-state index >= 15 is 0 Å². The third kappa shape index (κ3) is 4.44. The summed E-state index contributed by atoms with van der Waals surface area (Å²) < 4.78 is 45.6. The summed E-state index contributed by atoms with van der Waals surface area (Å²) >= 11 is 0. The van der Waals surface area contributed by atoms with Crippen molar-refractivity contribution in [1.29, 1.82) is 0 Å². The molecule has 0 radical (unpaired) electrons. The summed E-state index contributed by atoms with van der Waals surface area (Å²) in [5, 5.41) is 0. The van der Waals surface area contributed by atoms with Crippen molar-refractivity contribution in [3.63, 3.8) is 0 Å². The van der Waals surface area contributed by atoms with Crippen molar-refractivity contribution >= 4 is 5.91 Å². The van der Waals surface area contributed by atoms with E-state index in [2.05, 4.69) is 19.9 Å². The van der Waals surface area contributed by atoms with Gasteiger partial charge in [0.15, 0.2) is 5.82 Å². The van der Waals surface area contributed by atoms with Gasteiger partial charge in [0.05, 0.1) is 11.6 Å². The molecule has 10 heteroatoms. The van der Waals surface area contributed by atoms with E-state index in [0.29, 0.717) is 41.9 Å². The molecule has 1 aliphatic carbocycles. The Kier molecular flexibility index (Phi) is 5.66. The Hall–Kier alpha value is -3.56. The second kappa shape index (κ2) is 8.66. The number of pyridine rings is 2. The number of ether oxygens (including phenoxy) is 1. The van der Waals surface area contributed by atoms with Crippen LogP contribution in [0.2, 0.25) is 0 Å². The molecule has 34 heavy (non-hydrogen) atoms. The van der Waals surface area contributed by atoms with Crippen molar-refractivity contribution in [2.75, 3.05) is 13.2 Å². The van der Waals surface area contributed by atoms with Gasteiger partial charge in [0.25, 0.3) is 5.91 Å². The largest absolute Gasteiger partial charge is 0.475 e. The maximum Gasteiger partial charge on any atom is 0.421 e. The molecule has 1 amide bonds. The molecule has 1 saturated carbocycles. The minimum absolute atomic E-state index is 0.0853. The zero-order valence-electron chi connectivity index (χ0n) is 18.4. The zero-order valence-corrected chi connectivity index (χ0v) is 18.4. The first-order valence-electron chi connectivity index (χ1n) is 11.0. The smallest absolute Gasteiger partial charge is 0.421 e. The molecule has 3 aromatic rings. The fourth-order valence-electron chi connectivity index (χ4n) is 4.48. The second-order valence-corrected chi connectivity index (χ2v) is 8.69. The lowest BCUT2D eigenvalue weighted by atomic mass is 10.0.